The fraction of sp³-hybridized carbons (Fsp3) is 0.231. The summed E-state index contributed by atoms with van der Waals surface area (Å²) in [5, 5.41) is 1.73. The maximum atomic E-state index is 12.3. The van der Waals surface area contributed by atoms with Gasteiger partial charge in [-0.3, -0.25) is 4.72 Å². The molecule has 0 radical (unpaired) electrons. The van der Waals surface area contributed by atoms with Gasteiger partial charge in [0.05, 0.1) is 12.3 Å². The Kier molecular flexibility index (Phi) is 5.20. The Morgan fingerprint density at radius 2 is 2.05 bits per heavy atom. The monoisotopic (exact) mass is 375 g/mol. The van der Waals surface area contributed by atoms with Gasteiger partial charge in [0.1, 0.15) is 0 Å². The topological polar surface area (TPSA) is 55.4 Å². The number of halogens is 1. The largest absolute Gasteiger partial charge is 0.384 e. The number of hydrogen-bond acceptors (Lipinski definition) is 4. The zero-order chi connectivity index (χ0) is 14.6. The van der Waals surface area contributed by atoms with Gasteiger partial charge in [0.2, 0.25) is 0 Å². The number of thiophene rings is 1. The summed E-state index contributed by atoms with van der Waals surface area (Å²) in [5.41, 5.74) is 1.50. The molecule has 0 fully saturated rings. The van der Waals surface area contributed by atoms with Gasteiger partial charge >= 0.3 is 0 Å². The highest BCUT2D eigenvalue weighted by Gasteiger charge is 2.20. The van der Waals surface area contributed by atoms with Crippen LogP contribution in [0.1, 0.15) is 5.56 Å². The molecule has 0 amide bonds. The number of nitrogens with one attached hydrogen (secondary N) is 1. The van der Waals surface area contributed by atoms with E-state index in [0.29, 0.717) is 23.2 Å². The molecule has 1 N–H and O–H groups in total. The first-order valence-corrected chi connectivity index (χ1v) is 9.03. The molecular formula is C13H14BrNO3S2. The molecule has 1 heterocycles. The number of sulfonamides is 1. The average Bonchev–Trinajstić information content (AvgIpc) is 2.84. The highest BCUT2D eigenvalue weighted by molar-refractivity contribution is 9.10. The molecule has 0 saturated carbocycles. The Labute approximate surface area is 131 Å². The molecule has 7 heteroatoms. The van der Waals surface area contributed by atoms with Crippen molar-refractivity contribution < 1.29 is 13.2 Å². The zero-order valence-electron chi connectivity index (χ0n) is 10.8. The van der Waals surface area contributed by atoms with Crippen LogP contribution in [0, 0.1) is 0 Å². The van der Waals surface area contributed by atoms with Crippen LogP contribution in [0.5, 0.6) is 0 Å². The third kappa shape index (κ3) is 3.60. The molecule has 20 heavy (non-hydrogen) atoms. The molecular weight excluding hydrogens is 362 g/mol. The lowest BCUT2D eigenvalue weighted by molar-refractivity contribution is 0.202. The summed E-state index contributed by atoms with van der Waals surface area (Å²) in [7, 11) is -1.95. The minimum Gasteiger partial charge on any atom is -0.384 e. The number of ether oxygens (including phenoxy) is 1. The lowest BCUT2D eigenvalue weighted by Gasteiger charge is -2.11. The lowest BCUT2D eigenvalue weighted by atomic mass is 10.1. The Hall–Kier alpha value is -0.890. The van der Waals surface area contributed by atoms with Crippen LogP contribution in [0.25, 0.3) is 0 Å². The van der Waals surface area contributed by atoms with Crippen LogP contribution < -0.4 is 4.72 Å². The molecule has 108 valence electrons. The second kappa shape index (κ2) is 6.71. The molecule has 1 aromatic heterocycles. The Bertz CT molecular complexity index is 682. The second-order valence-electron chi connectivity index (χ2n) is 4.06. The quantitative estimate of drug-likeness (QED) is 0.840. The van der Waals surface area contributed by atoms with E-state index in [9.17, 15) is 8.42 Å². The summed E-state index contributed by atoms with van der Waals surface area (Å²) in [5.74, 6) is 0. The number of rotatable bonds is 6. The van der Waals surface area contributed by atoms with Crippen molar-refractivity contribution in [3.63, 3.8) is 0 Å². The van der Waals surface area contributed by atoms with E-state index >= 15 is 0 Å². The predicted molar refractivity (Wildman–Crippen MR) is 84.8 cm³/mol. The van der Waals surface area contributed by atoms with Gasteiger partial charge < -0.3 is 4.74 Å². The zero-order valence-corrected chi connectivity index (χ0v) is 14.0. The van der Waals surface area contributed by atoms with Gasteiger partial charge in [0.25, 0.3) is 10.0 Å². The van der Waals surface area contributed by atoms with E-state index in [0.717, 1.165) is 5.56 Å². The van der Waals surface area contributed by atoms with Gasteiger partial charge in [-0.15, -0.1) is 11.3 Å². The van der Waals surface area contributed by atoms with Crippen LogP contribution in [-0.2, 0) is 21.2 Å². The van der Waals surface area contributed by atoms with Gasteiger partial charge in [-0.25, -0.2) is 8.42 Å². The van der Waals surface area contributed by atoms with Crippen molar-refractivity contribution in [1.29, 1.82) is 0 Å². The van der Waals surface area contributed by atoms with Crippen LogP contribution in [0.3, 0.4) is 0 Å². The molecule has 0 saturated heterocycles. The van der Waals surface area contributed by atoms with E-state index in [-0.39, 0.29) is 4.21 Å². The third-order valence-electron chi connectivity index (χ3n) is 2.67. The highest BCUT2D eigenvalue weighted by Crippen LogP contribution is 2.30. The van der Waals surface area contributed by atoms with Crippen molar-refractivity contribution in [3.05, 3.63) is 45.7 Å². The first-order valence-electron chi connectivity index (χ1n) is 5.87. The first-order chi connectivity index (χ1) is 9.54. The standard InChI is InChI=1S/C13H14BrNO3S2/c1-18-8-6-10-4-2-3-5-12(10)15-20(16,17)13-11(14)7-9-19-13/h2-5,7,9,15H,6,8H2,1H3. The van der Waals surface area contributed by atoms with E-state index in [2.05, 4.69) is 20.7 Å². The van der Waals surface area contributed by atoms with Crippen molar-refractivity contribution in [2.24, 2.45) is 0 Å². The van der Waals surface area contributed by atoms with Crippen LogP contribution in [0.2, 0.25) is 0 Å². The van der Waals surface area contributed by atoms with Gasteiger partial charge in [-0.1, -0.05) is 18.2 Å². The normalized spacial score (nSPS) is 11.5. The van der Waals surface area contributed by atoms with E-state index in [1.807, 2.05) is 12.1 Å². The fourth-order valence-electron chi connectivity index (χ4n) is 1.71. The predicted octanol–water partition coefficient (Wildman–Crippen LogP) is 3.50. The van der Waals surface area contributed by atoms with E-state index < -0.39 is 10.0 Å². The lowest BCUT2D eigenvalue weighted by Crippen LogP contribution is -2.13. The second-order valence-corrected chi connectivity index (χ2v) is 7.71. The van der Waals surface area contributed by atoms with Crippen molar-refractivity contribution >= 4 is 43.0 Å². The maximum absolute atomic E-state index is 12.3. The smallest absolute Gasteiger partial charge is 0.272 e. The van der Waals surface area contributed by atoms with Crippen LogP contribution in [0.4, 0.5) is 5.69 Å². The van der Waals surface area contributed by atoms with Crippen LogP contribution >= 0.6 is 27.3 Å². The summed E-state index contributed by atoms with van der Waals surface area (Å²) >= 11 is 4.42. The van der Waals surface area contributed by atoms with E-state index in [1.165, 1.54) is 11.3 Å². The summed E-state index contributed by atoms with van der Waals surface area (Å²) in [6, 6.07) is 9.04. The number of benzene rings is 1. The summed E-state index contributed by atoms with van der Waals surface area (Å²) < 4.78 is 33.2. The van der Waals surface area contributed by atoms with Crippen molar-refractivity contribution in [2.75, 3.05) is 18.4 Å². The Morgan fingerprint density at radius 3 is 2.70 bits per heavy atom. The SMILES string of the molecule is COCCc1ccccc1NS(=O)(=O)c1sccc1Br. The maximum Gasteiger partial charge on any atom is 0.272 e. The highest BCUT2D eigenvalue weighted by atomic mass is 79.9. The molecule has 0 aliphatic carbocycles. The van der Waals surface area contributed by atoms with Gasteiger partial charge in [0, 0.05) is 11.6 Å². The third-order valence-corrected chi connectivity index (χ3v) is 6.70. The van der Waals surface area contributed by atoms with Gasteiger partial charge in [-0.2, -0.15) is 0 Å². The molecule has 0 bridgehead atoms. The summed E-state index contributed by atoms with van der Waals surface area (Å²) in [6.45, 7) is 0.543. The van der Waals surface area contributed by atoms with Crippen LogP contribution in [0.15, 0.2) is 44.4 Å². The van der Waals surface area contributed by atoms with Crippen LogP contribution in [-0.4, -0.2) is 22.1 Å². The molecule has 2 rings (SSSR count). The number of methoxy groups -OCH3 is 1. The van der Waals surface area contributed by atoms with Gasteiger partial charge in [0.15, 0.2) is 4.21 Å². The fourth-order valence-corrected chi connectivity index (χ4v) is 5.15. The van der Waals surface area contributed by atoms with Crippen molar-refractivity contribution in [2.45, 2.75) is 10.6 Å². The molecule has 2 aromatic rings. The minimum atomic E-state index is -3.57. The number of para-hydroxylation sites is 1. The summed E-state index contributed by atoms with van der Waals surface area (Å²) in [4.78, 5) is 0. The molecule has 0 aliphatic heterocycles. The average molecular weight is 376 g/mol. The number of hydrogen-bond donors (Lipinski definition) is 1. The van der Waals surface area contributed by atoms with Gasteiger partial charge in [-0.05, 0) is 45.4 Å². The number of anilines is 1. The molecule has 0 atom stereocenters. The Balaban J connectivity index is 2.28. The molecule has 0 aliphatic rings. The van der Waals surface area contributed by atoms with Crippen molar-refractivity contribution in [3.8, 4) is 0 Å². The Morgan fingerprint density at radius 1 is 1.30 bits per heavy atom. The van der Waals surface area contributed by atoms with E-state index in [4.69, 9.17) is 4.74 Å². The molecule has 0 spiro atoms. The van der Waals surface area contributed by atoms with Crippen molar-refractivity contribution in [1.82, 2.24) is 0 Å². The first kappa shape index (κ1) is 15.5. The molecule has 4 nitrogen and oxygen atoms in total. The summed E-state index contributed by atoms with van der Waals surface area (Å²) in [6.07, 6.45) is 0.654. The molecule has 0 unspecified atom stereocenters. The van der Waals surface area contributed by atoms with E-state index in [1.54, 1.807) is 30.7 Å². The molecule has 1 aromatic carbocycles. The minimum absolute atomic E-state index is 0.277.